The molecule has 0 saturated heterocycles. The second kappa shape index (κ2) is 9.73. The Morgan fingerprint density at radius 2 is 1.62 bits per heavy atom. The van der Waals surface area contributed by atoms with Crippen LogP contribution >= 0.6 is 15.9 Å². The second-order valence-electron chi connectivity index (χ2n) is 7.76. The zero-order valence-electron chi connectivity index (χ0n) is 17.2. The fourth-order valence-electron chi connectivity index (χ4n) is 4.06. The van der Waals surface area contributed by atoms with E-state index in [1.807, 2.05) is 24.3 Å². The van der Waals surface area contributed by atoms with Crippen LogP contribution in [0, 0.1) is 0 Å². The molecule has 1 aliphatic carbocycles. The Kier molecular flexibility index (Phi) is 6.79. The summed E-state index contributed by atoms with van der Waals surface area (Å²) in [6, 6.07) is 20.8. The molecule has 4 N–H and O–H groups in total. The lowest BCUT2D eigenvalue weighted by Gasteiger charge is -2.19. The quantitative estimate of drug-likeness (QED) is 0.385. The lowest BCUT2D eigenvalue weighted by atomic mass is 9.98. The molecule has 3 aromatic carbocycles. The van der Waals surface area contributed by atoms with Gasteiger partial charge in [-0.05, 0) is 62.3 Å². The number of phenols is 1. The molecule has 2 unspecified atom stereocenters. The normalized spacial score (nSPS) is 14.3. The van der Waals surface area contributed by atoms with E-state index in [4.69, 9.17) is 4.74 Å². The lowest BCUT2D eigenvalue weighted by Crippen LogP contribution is -2.30. The number of hydrogen-bond donors (Lipinski definition) is 4. The van der Waals surface area contributed by atoms with E-state index in [-0.39, 0.29) is 31.2 Å². The predicted molar refractivity (Wildman–Crippen MR) is 124 cm³/mol. The Morgan fingerprint density at radius 1 is 1.00 bits per heavy atom. The van der Waals surface area contributed by atoms with Gasteiger partial charge in [0.1, 0.15) is 18.5 Å². The Bertz CT molecular complexity index is 1070. The molecule has 4 rings (SSSR count). The smallest absolute Gasteiger partial charge is 0.407 e. The number of carbonyl (C=O) groups is 1. The molecule has 32 heavy (non-hydrogen) atoms. The lowest BCUT2D eigenvalue weighted by molar-refractivity contribution is 0.0136. The fraction of sp³-hybridized carbons (Fsp3) is 0.240. The molecule has 0 aromatic heterocycles. The molecule has 6 nitrogen and oxygen atoms in total. The number of fused-ring (bicyclic) bond motifs is 3. The summed E-state index contributed by atoms with van der Waals surface area (Å²) in [6.07, 6.45) is -2.65. The van der Waals surface area contributed by atoms with Gasteiger partial charge in [0.15, 0.2) is 0 Å². The van der Waals surface area contributed by atoms with Gasteiger partial charge in [-0.15, -0.1) is 0 Å². The number of alkyl carbamates (subject to hydrolysis) is 1. The van der Waals surface area contributed by atoms with Crippen molar-refractivity contribution in [1.82, 2.24) is 5.32 Å². The molecule has 1 amide bonds. The number of hydrogen-bond acceptors (Lipinski definition) is 5. The third kappa shape index (κ3) is 4.65. The van der Waals surface area contributed by atoms with Gasteiger partial charge in [0.2, 0.25) is 0 Å². The molecular formula is C25H24BrNO5. The number of aromatic hydroxyl groups is 1. The van der Waals surface area contributed by atoms with Crippen molar-refractivity contribution in [2.24, 2.45) is 0 Å². The minimum absolute atomic E-state index is 0.0199. The van der Waals surface area contributed by atoms with Gasteiger partial charge in [0.05, 0.1) is 10.6 Å². The molecule has 0 spiro atoms. The SMILES string of the molecule is O=C(NCCC(O)C(O)c1ccc(O)c(Br)c1)OCC1c2ccccc2-c2ccccc21. The highest BCUT2D eigenvalue weighted by molar-refractivity contribution is 9.10. The molecule has 0 aliphatic heterocycles. The first-order valence-electron chi connectivity index (χ1n) is 10.4. The first-order valence-corrected chi connectivity index (χ1v) is 11.2. The van der Waals surface area contributed by atoms with Crippen LogP contribution in [0.1, 0.15) is 35.1 Å². The molecule has 7 heteroatoms. The molecule has 0 saturated carbocycles. The highest BCUT2D eigenvalue weighted by Gasteiger charge is 2.29. The van der Waals surface area contributed by atoms with Crippen LogP contribution in [-0.4, -0.2) is 40.7 Å². The zero-order valence-corrected chi connectivity index (χ0v) is 18.8. The maximum absolute atomic E-state index is 12.2. The Morgan fingerprint density at radius 3 is 2.25 bits per heavy atom. The summed E-state index contributed by atoms with van der Waals surface area (Å²) in [5, 5.41) is 32.7. The van der Waals surface area contributed by atoms with Gasteiger partial charge >= 0.3 is 6.09 Å². The Labute approximate surface area is 194 Å². The standard InChI is InChI=1S/C25H24BrNO5/c26-21-13-15(9-10-22(21)28)24(30)23(29)11-12-27-25(31)32-14-20-18-7-3-1-5-16(18)17-6-2-4-8-19(17)20/h1-10,13,20,23-24,28-30H,11-12,14H2,(H,27,31). The van der Waals surface area contributed by atoms with Crippen LogP contribution in [0.25, 0.3) is 11.1 Å². The van der Waals surface area contributed by atoms with Crippen LogP contribution in [0.2, 0.25) is 0 Å². The molecular weight excluding hydrogens is 474 g/mol. The van der Waals surface area contributed by atoms with E-state index < -0.39 is 18.3 Å². The van der Waals surface area contributed by atoms with Crippen LogP contribution in [0.4, 0.5) is 4.79 Å². The Hall–Kier alpha value is -2.87. The van der Waals surface area contributed by atoms with E-state index in [1.165, 1.54) is 12.1 Å². The van der Waals surface area contributed by atoms with E-state index in [9.17, 15) is 20.1 Å². The number of rotatable bonds is 7. The van der Waals surface area contributed by atoms with Gasteiger partial charge in [-0.1, -0.05) is 54.6 Å². The van der Waals surface area contributed by atoms with E-state index in [2.05, 4.69) is 45.5 Å². The molecule has 0 fully saturated rings. The van der Waals surface area contributed by atoms with Crippen LogP contribution in [-0.2, 0) is 4.74 Å². The van der Waals surface area contributed by atoms with Crippen molar-refractivity contribution in [1.29, 1.82) is 0 Å². The van der Waals surface area contributed by atoms with Crippen molar-refractivity contribution < 1.29 is 24.9 Å². The largest absolute Gasteiger partial charge is 0.507 e. The summed E-state index contributed by atoms with van der Waals surface area (Å²) >= 11 is 3.18. The van der Waals surface area contributed by atoms with Crippen molar-refractivity contribution >= 4 is 22.0 Å². The number of phenolic OH excluding ortho intramolecular Hbond substituents is 1. The number of halogens is 1. The van der Waals surface area contributed by atoms with Crippen molar-refractivity contribution in [2.75, 3.05) is 13.2 Å². The number of benzene rings is 3. The van der Waals surface area contributed by atoms with Crippen LogP contribution < -0.4 is 5.32 Å². The molecule has 0 heterocycles. The first-order chi connectivity index (χ1) is 15.5. The van der Waals surface area contributed by atoms with Crippen LogP contribution in [0.3, 0.4) is 0 Å². The van der Waals surface area contributed by atoms with E-state index >= 15 is 0 Å². The number of ether oxygens (including phenoxy) is 1. The molecule has 0 radical (unpaired) electrons. The third-order valence-electron chi connectivity index (χ3n) is 5.73. The summed E-state index contributed by atoms with van der Waals surface area (Å²) in [7, 11) is 0. The van der Waals surface area contributed by atoms with Crippen molar-refractivity contribution in [3.05, 3.63) is 87.9 Å². The van der Waals surface area contributed by atoms with Gasteiger partial charge in [0.25, 0.3) is 0 Å². The number of carbonyl (C=O) groups excluding carboxylic acids is 1. The summed E-state index contributed by atoms with van der Waals surface area (Å²) < 4.78 is 5.90. The third-order valence-corrected chi connectivity index (χ3v) is 6.37. The number of aliphatic hydroxyl groups excluding tert-OH is 2. The predicted octanol–water partition coefficient (Wildman–Crippen LogP) is 4.48. The first kappa shape index (κ1) is 22.3. The zero-order chi connectivity index (χ0) is 22.7. The van der Waals surface area contributed by atoms with Gasteiger partial charge in [-0.3, -0.25) is 0 Å². The van der Waals surface area contributed by atoms with Crippen LogP contribution in [0.15, 0.2) is 71.2 Å². The monoisotopic (exact) mass is 497 g/mol. The Balaban J connectivity index is 1.28. The van der Waals surface area contributed by atoms with Gasteiger partial charge in [-0.2, -0.15) is 0 Å². The summed E-state index contributed by atoms with van der Waals surface area (Å²) in [5.41, 5.74) is 5.06. The van der Waals surface area contributed by atoms with Gasteiger partial charge < -0.3 is 25.4 Å². The maximum Gasteiger partial charge on any atom is 0.407 e. The van der Waals surface area contributed by atoms with Crippen LogP contribution in [0.5, 0.6) is 5.75 Å². The summed E-state index contributed by atoms with van der Waals surface area (Å²) in [5.74, 6) is 0.0286. The van der Waals surface area contributed by atoms with Crippen molar-refractivity contribution in [2.45, 2.75) is 24.5 Å². The maximum atomic E-state index is 12.2. The van der Waals surface area contributed by atoms with E-state index in [0.29, 0.717) is 10.0 Å². The average molecular weight is 498 g/mol. The molecule has 166 valence electrons. The topological polar surface area (TPSA) is 99.0 Å². The molecule has 3 aromatic rings. The number of amides is 1. The summed E-state index contributed by atoms with van der Waals surface area (Å²) in [4.78, 5) is 12.2. The summed E-state index contributed by atoms with van der Waals surface area (Å²) in [6.45, 7) is 0.362. The van der Waals surface area contributed by atoms with Gasteiger partial charge in [-0.25, -0.2) is 4.79 Å². The highest BCUT2D eigenvalue weighted by atomic mass is 79.9. The minimum atomic E-state index is -1.14. The van der Waals surface area contributed by atoms with Crippen molar-refractivity contribution in [3.63, 3.8) is 0 Å². The fourth-order valence-corrected chi connectivity index (χ4v) is 4.46. The van der Waals surface area contributed by atoms with Crippen molar-refractivity contribution in [3.8, 4) is 16.9 Å². The highest BCUT2D eigenvalue weighted by Crippen LogP contribution is 2.44. The van der Waals surface area contributed by atoms with E-state index in [0.717, 1.165) is 22.3 Å². The van der Waals surface area contributed by atoms with E-state index in [1.54, 1.807) is 6.07 Å². The minimum Gasteiger partial charge on any atom is -0.507 e. The number of aliphatic hydroxyl groups is 2. The molecule has 2 atom stereocenters. The number of nitrogens with one attached hydrogen (secondary N) is 1. The van der Waals surface area contributed by atoms with Gasteiger partial charge in [0, 0.05) is 12.5 Å². The average Bonchev–Trinajstić information content (AvgIpc) is 3.12. The molecule has 1 aliphatic rings. The second-order valence-corrected chi connectivity index (χ2v) is 8.62. The molecule has 0 bridgehead atoms.